The largest absolute Gasteiger partial charge is 0.227 e. The Morgan fingerprint density at radius 2 is 1.53 bits per heavy atom. The number of halogens is 5. The molecule has 0 aromatic heterocycles. The van der Waals surface area contributed by atoms with Crippen LogP contribution < -0.4 is 0 Å². The summed E-state index contributed by atoms with van der Waals surface area (Å²) in [6, 6.07) is 7.24. The van der Waals surface area contributed by atoms with Gasteiger partial charge in [0, 0.05) is 0 Å². The topological polar surface area (TPSA) is 0 Å². The fourth-order valence-electron chi connectivity index (χ4n) is 1.19. The van der Waals surface area contributed by atoms with Crippen LogP contribution in [0.1, 0.15) is 18.1 Å². The van der Waals surface area contributed by atoms with Crippen molar-refractivity contribution in [1.29, 1.82) is 0 Å². The molecule has 0 fully saturated rings. The van der Waals surface area contributed by atoms with E-state index in [-0.39, 0.29) is 0 Å². The summed E-state index contributed by atoms with van der Waals surface area (Å²) in [4.78, 5) is 0. The monoisotopic (exact) mass is 303 g/mol. The van der Waals surface area contributed by atoms with Crippen LogP contribution in [-0.2, 0) is 4.33 Å². The summed E-state index contributed by atoms with van der Waals surface area (Å²) in [6.45, 7) is 1.86. The fraction of sp³-hybridized carbons (Fsp3) is 0.300. The molecular weight excluding hydrogens is 297 g/mol. The third-order valence-corrected chi connectivity index (χ3v) is 4.37. The maximum absolute atomic E-state index is 6.07. The van der Waals surface area contributed by atoms with Crippen molar-refractivity contribution in [2.45, 2.75) is 15.0 Å². The van der Waals surface area contributed by atoms with Crippen molar-refractivity contribution >= 4 is 58.0 Å². The van der Waals surface area contributed by atoms with E-state index in [4.69, 9.17) is 58.0 Å². The van der Waals surface area contributed by atoms with Crippen molar-refractivity contribution in [2.75, 3.05) is 0 Å². The Hall–Kier alpha value is 0.670. The van der Waals surface area contributed by atoms with Gasteiger partial charge in [0.25, 0.3) is 0 Å². The van der Waals surface area contributed by atoms with Crippen LogP contribution in [0.5, 0.6) is 0 Å². The molecule has 0 bridgehead atoms. The number of hydrogen-bond donors (Lipinski definition) is 0. The van der Waals surface area contributed by atoms with E-state index < -0.39 is 8.13 Å². The second-order valence-electron chi connectivity index (χ2n) is 2.95. The summed E-state index contributed by atoms with van der Waals surface area (Å²) in [7, 11) is 0. The molecule has 0 aliphatic carbocycles. The minimum absolute atomic E-state index is 0.579. The predicted octanol–water partition coefficient (Wildman–Crippen LogP) is 5.26. The number of benzene rings is 1. The zero-order valence-electron chi connectivity index (χ0n) is 7.78. The van der Waals surface area contributed by atoms with Crippen LogP contribution in [0.2, 0.25) is 0 Å². The summed E-state index contributed by atoms with van der Waals surface area (Å²) in [6.07, 6.45) is 1.85. The minimum atomic E-state index is -1.78. The summed E-state index contributed by atoms with van der Waals surface area (Å²) in [5.41, 5.74) is 1.42. The average molecular weight is 305 g/mol. The Balaban J connectivity index is 3.26. The van der Waals surface area contributed by atoms with Crippen LogP contribution in [0.3, 0.4) is 0 Å². The van der Waals surface area contributed by atoms with Crippen molar-refractivity contribution in [1.82, 2.24) is 0 Å². The van der Waals surface area contributed by atoms with E-state index in [2.05, 4.69) is 0 Å². The first-order chi connectivity index (χ1) is 6.80. The maximum Gasteiger partial charge on any atom is 0.227 e. The molecule has 1 aromatic rings. The quantitative estimate of drug-likeness (QED) is 0.654. The number of alkyl halides is 5. The molecule has 0 N–H and O–H groups in total. The lowest BCUT2D eigenvalue weighted by atomic mass is 10.0. The molecule has 15 heavy (non-hydrogen) atoms. The van der Waals surface area contributed by atoms with Gasteiger partial charge < -0.3 is 0 Å². The van der Waals surface area contributed by atoms with Crippen LogP contribution in [-0.4, -0.2) is 3.79 Å². The molecule has 0 aliphatic heterocycles. The lowest BCUT2D eigenvalue weighted by molar-refractivity contribution is 0.869. The van der Waals surface area contributed by atoms with Gasteiger partial charge in [0.2, 0.25) is 3.79 Å². The molecule has 0 spiro atoms. The van der Waals surface area contributed by atoms with Gasteiger partial charge in [-0.3, -0.25) is 0 Å². The molecule has 5 heteroatoms. The van der Waals surface area contributed by atoms with Gasteiger partial charge in [-0.1, -0.05) is 89.2 Å². The number of hydrogen-bond acceptors (Lipinski definition) is 0. The van der Waals surface area contributed by atoms with Gasteiger partial charge in [-0.15, -0.1) is 0 Å². The second kappa shape index (κ2) is 4.89. The second-order valence-corrected chi connectivity index (χ2v) is 6.56. The van der Waals surface area contributed by atoms with Crippen molar-refractivity contribution in [3.63, 3.8) is 0 Å². The van der Waals surface area contributed by atoms with Gasteiger partial charge >= 0.3 is 0 Å². The summed E-state index contributed by atoms with van der Waals surface area (Å²) in [5, 5.41) is 0. The highest BCUT2D eigenvalue weighted by Gasteiger charge is 2.48. The summed E-state index contributed by atoms with van der Waals surface area (Å²) < 4.78 is -3.35. The molecule has 0 saturated heterocycles. The Labute approximate surface area is 114 Å². The molecule has 1 rings (SSSR count). The van der Waals surface area contributed by atoms with Crippen LogP contribution in [0, 0.1) is 6.42 Å². The van der Waals surface area contributed by atoms with E-state index >= 15 is 0 Å². The highest BCUT2D eigenvalue weighted by Crippen LogP contribution is 2.53. The zero-order chi connectivity index (χ0) is 11.7. The van der Waals surface area contributed by atoms with Crippen molar-refractivity contribution in [2.24, 2.45) is 0 Å². The first-order valence-corrected chi connectivity index (χ1v) is 6.03. The maximum atomic E-state index is 6.07. The van der Waals surface area contributed by atoms with Gasteiger partial charge in [-0.05, 0) is 17.5 Å². The minimum Gasteiger partial charge on any atom is -0.0915 e. The first kappa shape index (κ1) is 13.7. The van der Waals surface area contributed by atoms with Gasteiger partial charge in [0.05, 0.1) is 0 Å². The van der Waals surface area contributed by atoms with Gasteiger partial charge in [-0.25, -0.2) is 0 Å². The van der Waals surface area contributed by atoms with E-state index in [0.717, 1.165) is 5.56 Å². The Bertz CT molecular complexity index is 340. The standard InChI is InChI=1S/C10H8Cl5/c1-2-7-5-3-4-6-8(7)9(11,12)10(13,14)15/h2-6H,1H3. The summed E-state index contributed by atoms with van der Waals surface area (Å²) in [5.74, 6) is 0. The molecule has 0 nitrogen and oxygen atoms in total. The lowest BCUT2D eigenvalue weighted by Gasteiger charge is -2.29. The Morgan fingerprint density at radius 1 is 1.00 bits per heavy atom. The zero-order valence-corrected chi connectivity index (χ0v) is 11.6. The molecular formula is C10H8Cl5. The molecule has 83 valence electrons. The SMILES string of the molecule is C[CH]c1ccccc1C(Cl)(Cl)C(Cl)(Cl)Cl. The molecule has 0 atom stereocenters. The van der Waals surface area contributed by atoms with E-state index in [1.54, 1.807) is 12.1 Å². The highest BCUT2D eigenvalue weighted by molar-refractivity contribution is 6.75. The molecule has 0 unspecified atom stereocenters. The Kier molecular flexibility index (Phi) is 4.48. The van der Waals surface area contributed by atoms with Gasteiger partial charge in [-0.2, -0.15) is 0 Å². The van der Waals surface area contributed by atoms with Gasteiger partial charge in [0.15, 0.2) is 4.33 Å². The third kappa shape index (κ3) is 2.87. The summed E-state index contributed by atoms with van der Waals surface area (Å²) >= 11 is 29.4. The number of rotatable bonds is 2. The molecule has 1 radical (unpaired) electrons. The van der Waals surface area contributed by atoms with E-state index in [9.17, 15) is 0 Å². The third-order valence-electron chi connectivity index (χ3n) is 1.97. The predicted molar refractivity (Wildman–Crippen MR) is 69.2 cm³/mol. The fourth-order valence-corrected chi connectivity index (χ4v) is 1.84. The smallest absolute Gasteiger partial charge is 0.0915 e. The molecule has 0 saturated carbocycles. The highest BCUT2D eigenvalue weighted by atomic mass is 35.6. The molecule has 0 heterocycles. The molecule has 0 aliphatic rings. The van der Waals surface area contributed by atoms with Gasteiger partial charge in [0.1, 0.15) is 0 Å². The van der Waals surface area contributed by atoms with Crippen LogP contribution in [0.15, 0.2) is 24.3 Å². The Morgan fingerprint density at radius 3 is 2.00 bits per heavy atom. The van der Waals surface area contributed by atoms with Crippen molar-refractivity contribution in [3.05, 3.63) is 41.8 Å². The first-order valence-electron chi connectivity index (χ1n) is 4.14. The molecule has 1 aromatic carbocycles. The van der Waals surface area contributed by atoms with Crippen LogP contribution >= 0.6 is 58.0 Å². The molecule has 0 amide bonds. The normalized spacial score (nSPS) is 12.9. The van der Waals surface area contributed by atoms with Crippen LogP contribution in [0.25, 0.3) is 0 Å². The van der Waals surface area contributed by atoms with E-state index in [1.807, 2.05) is 25.5 Å². The van der Waals surface area contributed by atoms with Crippen molar-refractivity contribution < 1.29 is 0 Å². The van der Waals surface area contributed by atoms with E-state index in [0.29, 0.717) is 5.56 Å². The van der Waals surface area contributed by atoms with Crippen molar-refractivity contribution in [3.8, 4) is 0 Å². The lowest BCUT2D eigenvalue weighted by Crippen LogP contribution is -2.29. The van der Waals surface area contributed by atoms with Crippen LogP contribution in [0.4, 0.5) is 0 Å². The van der Waals surface area contributed by atoms with E-state index in [1.165, 1.54) is 0 Å². The average Bonchev–Trinajstić information content (AvgIpc) is 2.16.